The summed E-state index contributed by atoms with van der Waals surface area (Å²) in [5.74, 6) is 0.467. The number of nitrogens with one attached hydrogen (secondary N) is 1. The zero-order chi connectivity index (χ0) is 14.3. The first kappa shape index (κ1) is 15.8. The normalized spacial score (nSPS) is 18.2. The first-order chi connectivity index (χ1) is 9.04. The zero-order valence-electron chi connectivity index (χ0n) is 10.9. The molecule has 1 rings (SSSR count). The van der Waals surface area contributed by atoms with Gasteiger partial charge in [-0.2, -0.15) is 0 Å². The molecule has 0 aromatic heterocycles. The molecule has 0 unspecified atom stereocenters. The van der Waals surface area contributed by atoms with Crippen LogP contribution >= 0.6 is 15.9 Å². The molecule has 0 aromatic carbocycles. The summed E-state index contributed by atoms with van der Waals surface area (Å²) in [6, 6.07) is 0. The average molecular weight is 332 g/mol. The van der Waals surface area contributed by atoms with E-state index in [0.29, 0.717) is 22.8 Å². The van der Waals surface area contributed by atoms with Crippen molar-refractivity contribution in [2.75, 3.05) is 26.8 Å². The molecular weight excluding hydrogens is 314 g/mol. The molecule has 7 heteroatoms. The van der Waals surface area contributed by atoms with Gasteiger partial charge in [0.25, 0.3) is 5.70 Å². The first-order valence-electron chi connectivity index (χ1n) is 6.04. The molecule has 1 heterocycles. The van der Waals surface area contributed by atoms with Crippen molar-refractivity contribution in [1.82, 2.24) is 5.32 Å². The van der Waals surface area contributed by atoms with Gasteiger partial charge in [-0.3, -0.25) is 15.1 Å². The molecule has 0 saturated carbocycles. The van der Waals surface area contributed by atoms with Crippen LogP contribution in [0.5, 0.6) is 0 Å². The summed E-state index contributed by atoms with van der Waals surface area (Å²) < 4.78 is 5.81. The highest BCUT2D eigenvalue weighted by Gasteiger charge is 2.18. The lowest BCUT2D eigenvalue weighted by atomic mass is 10.0. The van der Waals surface area contributed by atoms with Crippen molar-refractivity contribution in [3.05, 3.63) is 34.2 Å². The van der Waals surface area contributed by atoms with Gasteiger partial charge in [0.15, 0.2) is 0 Å². The molecule has 0 spiro atoms. The predicted molar refractivity (Wildman–Crippen MR) is 78.0 cm³/mol. The molecule has 0 radical (unpaired) electrons. The van der Waals surface area contributed by atoms with Gasteiger partial charge in [0.1, 0.15) is 10.3 Å². The van der Waals surface area contributed by atoms with Gasteiger partial charge in [-0.15, -0.1) is 0 Å². The monoisotopic (exact) mass is 331 g/mol. The number of nitro groups is 1. The number of allylic oxidation sites excluding steroid dienone is 1. The third-order valence-electron chi connectivity index (χ3n) is 2.93. The maximum atomic E-state index is 10.8. The lowest BCUT2D eigenvalue weighted by molar-refractivity contribution is -0.420. The smallest absolute Gasteiger partial charge is 0.285 e. The summed E-state index contributed by atoms with van der Waals surface area (Å²) in [5, 5.41) is 13.9. The van der Waals surface area contributed by atoms with Crippen molar-refractivity contribution in [2.45, 2.75) is 12.8 Å². The van der Waals surface area contributed by atoms with Crippen LogP contribution in [0.2, 0.25) is 0 Å². The highest BCUT2D eigenvalue weighted by molar-refractivity contribution is 9.18. The van der Waals surface area contributed by atoms with Crippen molar-refractivity contribution < 1.29 is 9.66 Å². The van der Waals surface area contributed by atoms with Crippen LogP contribution < -0.4 is 5.32 Å². The second-order valence-electron chi connectivity index (χ2n) is 4.24. The van der Waals surface area contributed by atoms with Crippen molar-refractivity contribution in [2.24, 2.45) is 10.9 Å². The molecule has 0 bridgehead atoms. The summed E-state index contributed by atoms with van der Waals surface area (Å²) in [6.45, 7) is 5.65. The van der Waals surface area contributed by atoms with Gasteiger partial charge in [0.2, 0.25) is 0 Å². The van der Waals surface area contributed by atoms with Crippen LogP contribution in [0, 0.1) is 16.0 Å². The summed E-state index contributed by atoms with van der Waals surface area (Å²) in [4.78, 5) is 14.2. The topological polar surface area (TPSA) is 76.8 Å². The predicted octanol–water partition coefficient (Wildman–Crippen LogP) is 2.10. The number of halogens is 1. The molecule has 6 nitrogen and oxygen atoms in total. The Morgan fingerprint density at radius 1 is 1.63 bits per heavy atom. The summed E-state index contributed by atoms with van der Waals surface area (Å²) >= 11 is 3.21. The number of rotatable bonds is 6. The van der Waals surface area contributed by atoms with Crippen LogP contribution in [0.1, 0.15) is 12.8 Å². The van der Waals surface area contributed by atoms with E-state index in [1.807, 2.05) is 0 Å². The minimum atomic E-state index is -0.501. The van der Waals surface area contributed by atoms with Crippen LogP contribution in [-0.2, 0) is 4.74 Å². The molecule has 0 atom stereocenters. The van der Waals surface area contributed by atoms with Gasteiger partial charge < -0.3 is 10.1 Å². The second kappa shape index (κ2) is 8.06. The minimum Gasteiger partial charge on any atom is -0.381 e. The molecule has 1 aliphatic heterocycles. The van der Waals surface area contributed by atoms with Crippen molar-refractivity contribution in [3.63, 3.8) is 0 Å². The highest BCUT2D eigenvalue weighted by atomic mass is 79.9. The Balaban J connectivity index is 2.66. The number of hydrogen-bond donors (Lipinski definition) is 1. The maximum Gasteiger partial charge on any atom is 0.285 e. The van der Waals surface area contributed by atoms with Crippen molar-refractivity contribution in [1.29, 1.82) is 0 Å². The maximum absolute atomic E-state index is 10.8. The fourth-order valence-corrected chi connectivity index (χ4v) is 1.95. The number of hydrogen-bond acceptors (Lipinski definition) is 5. The van der Waals surface area contributed by atoms with Gasteiger partial charge in [-0.05, 0) is 41.3 Å². The van der Waals surface area contributed by atoms with Crippen molar-refractivity contribution in [3.8, 4) is 0 Å². The van der Waals surface area contributed by atoms with E-state index in [-0.39, 0.29) is 5.70 Å². The number of nitrogens with zero attached hydrogens (tertiary/aromatic N) is 2. The number of aliphatic imine (C=N–C) groups is 1. The first-order valence-corrected chi connectivity index (χ1v) is 6.83. The Labute approximate surface area is 120 Å². The Morgan fingerprint density at radius 2 is 2.26 bits per heavy atom. The summed E-state index contributed by atoms with van der Waals surface area (Å²) in [7, 11) is 1.60. The largest absolute Gasteiger partial charge is 0.381 e. The van der Waals surface area contributed by atoms with E-state index in [0.717, 1.165) is 26.1 Å². The van der Waals surface area contributed by atoms with E-state index in [1.54, 1.807) is 13.1 Å². The Kier molecular flexibility index (Phi) is 6.72. The Bertz CT molecular complexity index is 401. The quantitative estimate of drug-likeness (QED) is 0.350. The van der Waals surface area contributed by atoms with Crippen molar-refractivity contribution >= 4 is 20.6 Å². The van der Waals surface area contributed by atoms with Gasteiger partial charge in [-0.25, -0.2) is 0 Å². The third kappa shape index (κ3) is 5.52. The van der Waals surface area contributed by atoms with Gasteiger partial charge >= 0.3 is 0 Å². The molecule has 0 amide bonds. The highest BCUT2D eigenvalue weighted by Crippen LogP contribution is 2.15. The fourth-order valence-electron chi connectivity index (χ4n) is 1.72. The Morgan fingerprint density at radius 3 is 2.79 bits per heavy atom. The SMILES string of the molecule is C=C(/C(=C\C(Br)=N/C)NCC1CCOCC1)[N+](=O)[O-]. The van der Waals surface area contributed by atoms with E-state index >= 15 is 0 Å². The molecular formula is C12H18BrN3O3. The van der Waals surface area contributed by atoms with E-state index in [4.69, 9.17) is 4.74 Å². The molecule has 19 heavy (non-hydrogen) atoms. The summed E-state index contributed by atoms with van der Waals surface area (Å²) in [6.07, 6.45) is 3.51. The molecule has 0 aliphatic carbocycles. The van der Waals surface area contributed by atoms with Crippen LogP contribution in [0.3, 0.4) is 0 Å². The minimum absolute atomic E-state index is 0.160. The third-order valence-corrected chi connectivity index (χ3v) is 3.51. The van der Waals surface area contributed by atoms with E-state index in [1.165, 1.54) is 0 Å². The van der Waals surface area contributed by atoms with Gasteiger partial charge in [0.05, 0.1) is 4.92 Å². The van der Waals surface area contributed by atoms with Crippen LogP contribution in [0.15, 0.2) is 29.0 Å². The second-order valence-corrected chi connectivity index (χ2v) is 5.06. The van der Waals surface area contributed by atoms with E-state index in [9.17, 15) is 10.1 Å². The van der Waals surface area contributed by atoms with Crippen LogP contribution in [0.4, 0.5) is 0 Å². The van der Waals surface area contributed by atoms with E-state index in [2.05, 4.69) is 32.8 Å². The van der Waals surface area contributed by atoms with Crippen LogP contribution in [-0.4, -0.2) is 36.4 Å². The van der Waals surface area contributed by atoms with Gasteiger partial charge in [-0.1, -0.05) is 0 Å². The number of ether oxygens (including phenoxy) is 1. The lowest BCUT2D eigenvalue weighted by Crippen LogP contribution is -2.29. The Hall–Kier alpha value is -1.21. The van der Waals surface area contributed by atoms with E-state index < -0.39 is 4.92 Å². The fraction of sp³-hybridized carbons (Fsp3) is 0.583. The zero-order valence-corrected chi connectivity index (χ0v) is 12.5. The van der Waals surface area contributed by atoms with Crippen LogP contribution in [0.25, 0.3) is 0 Å². The summed E-state index contributed by atoms with van der Waals surface area (Å²) in [5.41, 5.74) is 0.224. The molecule has 0 aromatic rings. The molecule has 106 valence electrons. The molecule has 1 fully saturated rings. The molecule has 1 saturated heterocycles. The lowest BCUT2D eigenvalue weighted by Gasteiger charge is -2.22. The molecule has 1 aliphatic rings. The standard InChI is InChI=1S/C12H18BrN3O3/c1-9(16(17)18)11(7-12(13)14-2)15-8-10-3-5-19-6-4-10/h7,10,15H,1,3-6,8H2,2H3/b11-7+,14-12+. The average Bonchev–Trinajstić information content (AvgIpc) is 2.43. The van der Waals surface area contributed by atoms with Gasteiger partial charge in [0, 0.05) is 32.9 Å². The molecule has 1 N–H and O–H groups in total.